The van der Waals surface area contributed by atoms with Crippen LogP contribution in [0, 0.1) is 5.92 Å². The van der Waals surface area contributed by atoms with Gasteiger partial charge in [0.2, 0.25) is 11.8 Å². The van der Waals surface area contributed by atoms with Crippen molar-refractivity contribution >= 4 is 17.6 Å². The molecular formula is C29H62N8O3. The molecule has 0 aliphatic carbocycles. The molecule has 0 bridgehead atoms. The number of rotatable bonds is 23. The zero-order chi connectivity index (χ0) is 30.8. The zero-order valence-electron chi connectivity index (χ0n) is 27.8. The molecule has 0 unspecified atom stereocenters. The van der Waals surface area contributed by atoms with Gasteiger partial charge in [0.05, 0.1) is 13.1 Å². The highest BCUT2D eigenvalue weighted by Crippen LogP contribution is 1.99. The Balaban J connectivity index is 4.09. The molecule has 0 spiro atoms. The lowest BCUT2D eigenvalue weighted by Gasteiger charge is -2.27. The van der Waals surface area contributed by atoms with Crippen molar-refractivity contribution in [2.75, 3.05) is 148 Å². The minimum Gasteiger partial charge on any atom is -0.344 e. The van der Waals surface area contributed by atoms with E-state index in [1.54, 1.807) is 6.92 Å². The van der Waals surface area contributed by atoms with Crippen molar-refractivity contribution < 1.29 is 14.4 Å². The van der Waals surface area contributed by atoms with Gasteiger partial charge < -0.3 is 29.4 Å². The van der Waals surface area contributed by atoms with E-state index in [-0.39, 0.29) is 23.5 Å². The number of hydrogen-bond acceptors (Lipinski definition) is 9. The van der Waals surface area contributed by atoms with Crippen LogP contribution in [0.4, 0.5) is 0 Å². The summed E-state index contributed by atoms with van der Waals surface area (Å²) in [6.45, 7) is 16.8. The van der Waals surface area contributed by atoms with E-state index in [9.17, 15) is 14.4 Å². The molecule has 0 aliphatic heterocycles. The van der Waals surface area contributed by atoms with Gasteiger partial charge in [-0.1, -0.05) is 13.8 Å². The fourth-order valence-electron chi connectivity index (χ4n) is 4.02. The Morgan fingerprint density at radius 1 is 0.450 bits per heavy atom. The van der Waals surface area contributed by atoms with E-state index in [1.165, 1.54) is 0 Å². The van der Waals surface area contributed by atoms with Gasteiger partial charge in [-0.2, -0.15) is 0 Å². The number of carbonyl (C=O) groups is 3. The first-order chi connectivity index (χ1) is 18.6. The summed E-state index contributed by atoms with van der Waals surface area (Å²) in [5.74, 6) is 0.557. The molecule has 40 heavy (non-hydrogen) atoms. The maximum atomic E-state index is 12.7. The molecule has 0 rings (SSSR count). The summed E-state index contributed by atoms with van der Waals surface area (Å²) in [7, 11) is 16.1. The number of Topliss-reactive ketones (excluding diaryl/α,β-unsaturated/α-hetero) is 1. The summed E-state index contributed by atoms with van der Waals surface area (Å²) >= 11 is 0. The minimum atomic E-state index is 0.0349. The summed E-state index contributed by atoms with van der Waals surface area (Å²) in [5, 5.41) is 0. The topological polar surface area (TPSA) is 77.1 Å². The Labute approximate surface area is 246 Å². The van der Waals surface area contributed by atoms with E-state index >= 15 is 0 Å². The van der Waals surface area contributed by atoms with E-state index in [0.717, 1.165) is 72.0 Å². The largest absolute Gasteiger partial charge is 0.344 e. The number of likely N-dealkylation sites (N-methyl/N-ethyl adjacent to an activating group) is 8. The first-order valence-corrected chi connectivity index (χ1v) is 14.7. The number of amides is 2. The first-order valence-electron chi connectivity index (χ1n) is 14.7. The highest BCUT2D eigenvalue weighted by Gasteiger charge is 2.15. The lowest BCUT2D eigenvalue weighted by Crippen LogP contribution is -2.43. The summed E-state index contributed by atoms with van der Waals surface area (Å²) < 4.78 is 0. The van der Waals surface area contributed by atoms with Crippen molar-refractivity contribution in [3.63, 3.8) is 0 Å². The Bertz CT molecular complexity index is 723. The van der Waals surface area contributed by atoms with Crippen molar-refractivity contribution in [2.45, 2.75) is 20.8 Å². The third-order valence-electron chi connectivity index (χ3n) is 7.28. The van der Waals surface area contributed by atoms with E-state index < -0.39 is 0 Å². The molecule has 2 amide bonds. The average Bonchev–Trinajstić information content (AvgIpc) is 2.88. The lowest BCUT2D eigenvalue weighted by atomic mass is 10.2. The molecule has 0 atom stereocenters. The number of carbonyl (C=O) groups excluding carboxylic acids is 3. The summed E-state index contributed by atoms with van der Waals surface area (Å²) in [6.07, 6.45) is 0. The molecule has 236 valence electrons. The van der Waals surface area contributed by atoms with Crippen molar-refractivity contribution in [1.82, 2.24) is 39.2 Å². The fourth-order valence-corrected chi connectivity index (χ4v) is 4.02. The molecule has 0 aromatic heterocycles. The van der Waals surface area contributed by atoms with Crippen LogP contribution < -0.4 is 0 Å². The van der Waals surface area contributed by atoms with Crippen LogP contribution in [0.3, 0.4) is 0 Å². The van der Waals surface area contributed by atoms with Crippen LogP contribution in [0.15, 0.2) is 0 Å². The van der Waals surface area contributed by atoms with Gasteiger partial charge in [-0.15, -0.1) is 0 Å². The summed E-state index contributed by atoms with van der Waals surface area (Å²) in [4.78, 5) is 52.8. The van der Waals surface area contributed by atoms with Crippen molar-refractivity contribution in [3.05, 3.63) is 0 Å². The van der Waals surface area contributed by atoms with E-state index in [0.29, 0.717) is 19.6 Å². The third-order valence-corrected chi connectivity index (χ3v) is 7.28. The van der Waals surface area contributed by atoms with Crippen molar-refractivity contribution in [2.24, 2.45) is 5.92 Å². The van der Waals surface area contributed by atoms with E-state index in [2.05, 4.69) is 57.6 Å². The van der Waals surface area contributed by atoms with Crippen molar-refractivity contribution in [3.8, 4) is 0 Å². The summed E-state index contributed by atoms with van der Waals surface area (Å²) in [5.41, 5.74) is 0. The Morgan fingerprint density at radius 3 is 1.10 bits per heavy atom. The number of hydrogen-bond donors (Lipinski definition) is 0. The van der Waals surface area contributed by atoms with Gasteiger partial charge in [0, 0.05) is 98.6 Å². The van der Waals surface area contributed by atoms with Gasteiger partial charge in [-0.25, -0.2) is 0 Å². The molecule has 0 saturated heterocycles. The number of ketones is 1. The number of nitrogens with zero attached hydrogens (tertiary/aromatic N) is 8. The van der Waals surface area contributed by atoms with Crippen LogP contribution in [0.2, 0.25) is 0 Å². The van der Waals surface area contributed by atoms with Crippen LogP contribution in [0.1, 0.15) is 20.8 Å². The Morgan fingerprint density at radius 2 is 0.750 bits per heavy atom. The van der Waals surface area contributed by atoms with Crippen LogP contribution >= 0.6 is 0 Å². The molecule has 0 heterocycles. The molecule has 0 radical (unpaired) electrons. The predicted molar refractivity (Wildman–Crippen MR) is 166 cm³/mol. The quantitative estimate of drug-likeness (QED) is 0.165. The molecular weight excluding hydrogens is 508 g/mol. The second kappa shape index (κ2) is 21.1. The Hall–Kier alpha value is -1.63. The van der Waals surface area contributed by atoms with E-state index in [4.69, 9.17) is 0 Å². The molecule has 0 N–H and O–H groups in total. The monoisotopic (exact) mass is 570 g/mol. The zero-order valence-corrected chi connectivity index (χ0v) is 27.8. The highest BCUT2D eigenvalue weighted by atomic mass is 16.2. The fraction of sp³-hybridized carbons (Fsp3) is 0.897. The summed E-state index contributed by atoms with van der Waals surface area (Å²) in [6, 6.07) is 0. The minimum absolute atomic E-state index is 0.0349. The molecule has 0 aromatic rings. The molecule has 0 saturated carbocycles. The second-order valence-electron chi connectivity index (χ2n) is 12.1. The lowest BCUT2D eigenvalue weighted by molar-refractivity contribution is -0.133. The molecule has 0 fully saturated rings. The third kappa shape index (κ3) is 19.4. The predicted octanol–water partition coefficient (Wildman–Crippen LogP) is -0.261. The smallest absolute Gasteiger partial charge is 0.236 e. The molecule has 0 aliphatic rings. The van der Waals surface area contributed by atoms with Gasteiger partial charge in [-0.3, -0.25) is 24.2 Å². The van der Waals surface area contributed by atoms with Crippen LogP contribution in [0.5, 0.6) is 0 Å². The first kappa shape index (κ1) is 38.4. The highest BCUT2D eigenvalue weighted by molar-refractivity contribution is 5.78. The van der Waals surface area contributed by atoms with Gasteiger partial charge in [0.15, 0.2) is 0 Å². The normalized spacial score (nSPS) is 12.2. The van der Waals surface area contributed by atoms with Gasteiger partial charge in [-0.05, 0) is 49.2 Å². The second-order valence-corrected chi connectivity index (χ2v) is 12.1. The molecule has 11 heteroatoms. The maximum absolute atomic E-state index is 12.7. The Kier molecular flexibility index (Phi) is 20.3. The molecule has 0 aromatic carbocycles. The van der Waals surface area contributed by atoms with Crippen LogP contribution in [-0.2, 0) is 14.4 Å². The maximum Gasteiger partial charge on any atom is 0.236 e. The standard InChI is InChI=1S/C29H62N8O3/c1-26(2)29(40)37(11)23-21-33(7)15-13-31(5)17-19-35(9)25-28(39)36(10)22-20-32(6)14-12-30(4)16-18-34(8)24-27(3)38/h26H,12-25H2,1-11H3. The van der Waals surface area contributed by atoms with Crippen LogP contribution in [0.25, 0.3) is 0 Å². The molecule has 11 nitrogen and oxygen atoms in total. The van der Waals surface area contributed by atoms with Crippen LogP contribution in [-0.4, -0.2) is 205 Å². The average molecular weight is 571 g/mol. The van der Waals surface area contributed by atoms with E-state index in [1.807, 2.05) is 51.8 Å². The SMILES string of the molecule is CC(=O)CN(C)CCN(C)CCN(C)CCN(C)C(=O)CN(C)CCN(C)CCN(C)CCN(C)C(=O)C(C)C. The van der Waals surface area contributed by atoms with Crippen molar-refractivity contribution in [1.29, 1.82) is 0 Å². The van der Waals surface area contributed by atoms with Gasteiger partial charge in [0.1, 0.15) is 5.78 Å². The van der Waals surface area contributed by atoms with Gasteiger partial charge >= 0.3 is 0 Å². The van der Waals surface area contributed by atoms with Gasteiger partial charge in [0.25, 0.3) is 0 Å².